The lowest BCUT2D eigenvalue weighted by molar-refractivity contribution is -0.143. The van der Waals surface area contributed by atoms with Crippen LogP contribution >= 0.6 is 0 Å². The summed E-state index contributed by atoms with van der Waals surface area (Å²) in [5, 5.41) is 2.24. The van der Waals surface area contributed by atoms with Gasteiger partial charge in [-0.15, -0.1) is 0 Å². The quantitative estimate of drug-likeness (QED) is 0.234. The van der Waals surface area contributed by atoms with E-state index in [9.17, 15) is 28.8 Å². The van der Waals surface area contributed by atoms with Crippen LogP contribution in [0.3, 0.4) is 0 Å². The number of carbonyl (C=O) groups is 6. The Morgan fingerprint density at radius 3 is 1.66 bits per heavy atom. The molecule has 0 aromatic heterocycles. The second-order valence-corrected chi connectivity index (χ2v) is 13.5. The van der Waals surface area contributed by atoms with Gasteiger partial charge in [0.25, 0.3) is 35.4 Å². The summed E-state index contributed by atoms with van der Waals surface area (Å²) >= 11 is 0. The molecule has 6 amide bonds. The number of amides is 6. The first kappa shape index (κ1) is 32.4. The van der Waals surface area contributed by atoms with Gasteiger partial charge in [0.15, 0.2) is 0 Å². The lowest BCUT2D eigenvalue weighted by Crippen LogP contribution is -2.46. The fraction of sp³-hybridized carbons (Fsp3) is 0.200. The molecule has 4 aromatic carbocycles. The highest BCUT2D eigenvalue weighted by atomic mass is 16.5. The molecule has 4 aromatic rings. The van der Waals surface area contributed by atoms with Crippen molar-refractivity contribution in [3.63, 3.8) is 0 Å². The van der Waals surface area contributed by atoms with E-state index in [1.54, 1.807) is 18.2 Å². The number of anilines is 1. The monoisotopic (exact) mass is 667 g/mol. The predicted octanol–water partition coefficient (Wildman–Crippen LogP) is 6.15. The minimum atomic E-state index is -0.834. The summed E-state index contributed by atoms with van der Waals surface area (Å²) in [6.07, 6.45) is 3.20. The van der Waals surface area contributed by atoms with Gasteiger partial charge in [-0.05, 0) is 123 Å². The largest absolute Gasteiger partial charge is 0.457 e. The smallest absolute Gasteiger partial charge is 0.266 e. The summed E-state index contributed by atoms with van der Waals surface area (Å²) in [7, 11) is 0. The number of fused-ring (bicyclic) bond motifs is 2. The summed E-state index contributed by atoms with van der Waals surface area (Å²) in [6.45, 7) is 11.5. The second kappa shape index (κ2) is 11.5. The van der Waals surface area contributed by atoms with Gasteiger partial charge in [-0.3, -0.25) is 39.0 Å². The molecule has 0 saturated carbocycles. The molecule has 0 unspecified atom stereocenters. The first-order valence-electron chi connectivity index (χ1n) is 16.1. The van der Waals surface area contributed by atoms with Crippen molar-refractivity contribution in [2.24, 2.45) is 0 Å². The average Bonchev–Trinajstić information content (AvgIpc) is 3.61. The van der Waals surface area contributed by atoms with E-state index in [4.69, 9.17) is 4.74 Å². The van der Waals surface area contributed by atoms with Crippen molar-refractivity contribution in [3.8, 4) is 11.5 Å². The maximum absolute atomic E-state index is 13.8. The van der Waals surface area contributed by atoms with E-state index >= 15 is 0 Å². The van der Waals surface area contributed by atoms with Crippen LogP contribution in [0, 0.1) is 27.7 Å². The minimum absolute atomic E-state index is 0.200. The van der Waals surface area contributed by atoms with E-state index in [1.165, 1.54) is 40.2 Å². The molecule has 0 saturated heterocycles. The molecule has 0 atom stereocenters. The number of rotatable bonds is 7. The lowest BCUT2D eigenvalue weighted by atomic mass is 9.83. The number of nitrogens with zero attached hydrogens (tertiary/aromatic N) is 2. The third kappa shape index (κ3) is 5.11. The summed E-state index contributed by atoms with van der Waals surface area (Å²) in [5.74, 6) is -1.92. The molecule has 1 N–H and O–H groups in total. The molecule has 3 aliphatic rings. The van der Waals surface area contributed by atoms with E-state index < -0.39 is 29.2 Å². The normalized spacial score (nSPS) is 15.3. The number of nitrogens with one attached hydrogen (secondary N) is 1. The highest BCUT2D eigenvalue weighted by molar-refractivity contribution is 6.35. The van der Waals surface area contributed by atoms with E-state index in [0.717, 1.165) is 38.9 Å². The molecule has 7 rings (SSSR count). The van der Waals surface area contributed by atoms with Crippen molar-refractivity contribution >= 4 is 41.1 Å². The number of benzene rings is 4. The van der Waals surface area contributed by atoms with Gasteiger partial charge in [0, 0.05) is 12.2 Å². The first-order valence-corrected chi connectivity index (χ1v) is 16.1. The summed E-state index contributed by atoms with van der Waals surface area (Å²) in [5.41, 5.74) is 7.05. The van der Waals surface area contributed by atoms with Crippen LogP contribution in [-0.4, -0.2) is 40.3 Å². The van der Waals surface area contributed by atoms with Gasteiger partial charge in [-0.2, -0.15) is 0 Å². The van der Waals surface area contributed by atoms with E-state index in [2.05, 4.69) is 17.4 Å². The lowest BCUT2D eigenvalue weighted by Gasteiger charge is -2.37. The van der Waals surface area contributed by atoms with Crippen LogP contribution in [-0.2, 0) is 21.5 Å². The summed E-state index contributed by atoms with van der Waals surface area (Å²) in [4.78, 5) is 78.9. The zero-order valence-electron chi connectivity index (χ0n) is 28.4. The van der Waals surface area contributed by atoms with Crippen molar-refractivity contribution in [1.29, 1.82) is 0 Å². The Morgan fingerprint density at radius 2 is 1.08 bits per heavy atom. The maximum atomic E-state index is 13.8. The number of ether oxygens (including phenoxy) is 1. The molecule has 3 aliphatic heterocycles. The maximum Gasteiger partial charge on any atom is 0.266 e. The number of imide groups is 3. The van der Waals surface area contributed by atoms with Gasteiger partial charge in [-0.25, -0.2) is 4.90 Å². The fourth-order valence-corrected chi connectivity index (χ4v) is 7.75. The third-order valence-electron chi connectivity index (χ3n) is 9.56. The van der Waals surface area contributed by atoms with Crippen LogP contribution in [0.1, 0.15) is 94.2 Å². The molecule has 0 aliphatic carbocycles. The second-order valence-electron chi connectivity index (χ2n) is 13.5. The Bertz CT molecular complexity index is 2230. The van der Waals surface area contributed by atoms with Gasteiger partial charge in [0.2, 0.25) is 0 Å². The van der Waals surface area contributed by atoms with Crippen molar-refractivity contribution < 1.29 is 33.5 Å². The topological polar surface area (TPSA) is 130 Å². The Labute approximate surface area is 288 Å². The van der Waals surface area contributed by atoms with Crippen LogP contribution in [0.2, 0.25) is 0 Å². The molecular weight excluding hydrogens is 634 g/mol. The van der Waals surface area contributed by atoms with Crippen molar-refractivity contribution in [2.45, 2.75) is 53.5 Å². The molecule has 0 radical (unpaired) electrons. The molecule has 50 heavy (non-hydrogen) atoms. The summed E-state index contributed by atoms with van der Waals surface area (Å²) in [6, 6.07) is 17.3. The predicted molar refractivity (Wildman–Crippen MR) is 185 cm³/mol. The van der Waals surface area contributed by atoms with Crippen LogP contribution in [0.25, 0.3) is 0 Å². The van der Waals surface area contributed by atoms with Crippen LogP contribution in [0.15, 0.2) is 72.8 Å². The van der Waals surface area contributed by atoms with E-state index in [-0.39, 0.29) is 34.1 Å². The highest BCUT2D eigenvalue weighted by Crippen LogP contribution is 2.38. The van der Waals surface area contributed by atoms with Crippen LogP contribution in [0.5, 0.6) is 11.5 Å². The molecular formula is C40H33N3O7. The zero-order valence-corrected chi connectivity index (χ0v) is 28.4. The Morgan fingerprint density at radius 1 is 0.600 bits per heavy atom. The van der Waals surface area contributed by atoms with Crippen molar-refractivity contribution in [3.05, 3.63) is 134 Å². The molecule has 0 fully saturated rings. The van der Waals surface area contributed by atoms with Crippen molar-refractivity contribution in [1.82, 2.24) is 10.2 Å². The number of hydrogen-bond acceptors (Lipinski definition) is 7. The minimum Gasteiger partial charge on any atom is -0.457 e. The Balaban J connectivity index is 1.12. The van der Waals surface area contributed by atoms with Crippen molar-refractivity contribution in [2.75, 3.05) is 4.90 Å². The third-order valence-corrected chi connectivity index (χ3v) is 9.56. The molecule has 10 heteroatoms. The van der Waals surface area contributed by atoms with Crippen LogP contribution < -0.4 is 15.0 Å². The summed E-state index contributed by atoms with van der Waals surface area (Å²) < 4.78 is 5.93. The van der Waals surface area contributed by atoms with E-state index in [1.807, 2.05) is 53.7 Å². The Kier molecular flexibility index (Phi) is 7.43. The van der Waals surface area contributed by atoms with Gasteiger partial charge in [0.1, 0.15) is 11.5 Å². The standard InChI is InChI=1S/C40H33N3O7/c1-20-13-24(14-21(2)34(20)40(5,6)43-32(44)11-12-33(43)45)17-25-15-22(3)35(23(4)16-25)42-38(48)29-10-8-27(19-31(29)39(42)49)50-26-7-9-28-30(18-26)37(47)41-36(28)46/h7-16,18-19H,17H2,1-6H3,(H,41,46,47). The molecule has 3 heterocycles. The van der Waals surface area contributed by atoms with E-state index in [0.29, 0.717) is 23.6 Å². The molecule has 10 nitrogen and oxygen atoms in total. The van der Waals surface area contributed by atoms with Gasteiger partial charge in [0.05, 0.1) is 33.5 Å². The molecule has 0 bridgehead atoms. The van der Waals surface area contributed by atoms with Crippen LogP contribution in [0.4, 0.5) is 5.69 Å². The fourth-order valence-electron chi connectivity index (χ4n) is 7.75. The SMILES string of the molecule is Cc1cc(Cc2cc(C)c(C(C)(C)N3C(=O)C=CC3=O)c(C)c2)cc(C)c1N1C(=O)c2ccc(Oc3ccc4c(c3)C(=O)NC4=O)cc2C1=O. The Hall–Kier alpha value is -6.16. The molecule has 0 spiro atoms. The first-order chi connectivity index (χ1) is 23.6. The molecule has 250 valence electrons. The zero-order chi connectivity index (χ0) is 35.8. The van der Waals surface area contributed by atoms with Gasteiger partial charge in [-0.1, -0.05) is 24.3 Å². The number of hydrogen-bond donors (Lipinski definition) is 1. The average molecular weight is 668 g/mol. The highest BCUT2D eigenvalue weighted by Gasteiger charge is 2.41. The number of carbonyl (C=O) groups excluding carboxylic acids is 6. The number of aryl methyl sites for hydroxylation is 4. The van der Waals surface area contributed by atoms with Gasteiger partial charge < -0.3 is 4.74 Å². The van der Waals surface area contributed by atoms with Gasteiger partial charge >= 0.3 is 0 Å².